The zero-order valence-electron chi connectivity index (χ0n) is 19.9. The van der Waals surface area contributed by atoms with E-state index < -0.39 is 6.09 Å². The second kappa shape index (κ2) is 12.9. The highest BCUT2D eigenvalue weighted by Gasteiger charge is 2.33. The predicted molar refractivity (Wildman–Crippen MR) is 131 cm³/mol. The van der Waals surface area contributed by atoms with Gasteiger partial charge in [0.1, 0.15) is 6.61 Å². The summed E-state index contributed by atoms with van der Waals surface area (Å²) >= 11 is 0. The molecule has 0 saturated carbocycles. The number of carbonyl (C=O) groups is 3. The molecular formula is C26H33N3O6. The largest absolute Gasteiger partial charge is 0.449 e. The van der Waals surface area contributed by atoms with Gasteiger partial charge in [0.25, 0.3) is 5.91 Å². The Morgan fingerprint density at radius 1 is 0.971 bits per heavy atom. The molecule has 5 N–H and O–H groups in total. The van der Waals surface area contributed by atoms with Crippen LogP contribution in [0.4, 0.5) is 4.79 Å². The van der Waals surface area contributed by atoms with Crippen molar-refractivity contribution in [3.63, 3.8) is 0 Å². The quantitative estimate of drug-likeness (QED) is 0.312. The minimum Gasteiger partial charge on any atom is -0.449 e. The smallest absolute Gasteiger partial charge is 0.407 e. The lowest BCUT2D eigenvalue weighted by Crippen LogP contribution is -2.27. The van der Waals surface area contributed by atoms with Crippen LogP contribution in [0.2, 0.25) is 0 Å². The number of alkyl carbamates (subject to hydrolysis) is 1. The molecule has 1 aliphatic carbocycles. The first-order valence-electron chi connectivity index (χ1n) is 11.9. The molecule has 1 unspecified atom stereocenters. The van der Waals surface area contributed by atoms with Crippen LogP contribution in [-0.4, -0.2) is 67.6 Å². The van der Waals surface area contributed by atoms with Crippen molar-refractivity contribution in [2.24, 2.45) is 0 Å². The number of rotatable bonds is 12. The molecular weight excluding hydrogens is 450 g/mol. The third kappa shape index (κ3) is 6.58. The van der Waals surface area contributed by atoms with Gasteiger partial charge in [-0.05, 0) is 53.6 Å². The highest BCUT2D eigenvalue weighted by atomic mass is 16.5. The third-order valence-electron chi connectivity index (χ3n) is 5.88. The van der Waals surface area contributed by atoms with Crippen molar-refractivity contribution in [3.8, 4) is 11.1 Å². The minimum atomic E-state index is -0.496. The predicted octanol–water partition coefficient (Wildman–Crippen LogP) is 1.70. The molecule has 0 bridgehead atoms. The average Bonchev–Trinajstić information content (AvgIpc) is 3.17. The summed E-state index contributed by atoms with van der Waals surface area (Å²) in [6.45, 7) is 2.57. The van der Waals surface area contributed by atoms with Crippen molar-refractivity contribution >= 4 is 17.9 Å². The number of benzene rings is 2. The maximum atomic E-state index is 12.8. The fraction of sp³-hybridized carbons (Fsp3) is 0.423. The molecule has 0 saturated heterocycles. The standard InChI is InChI=1S/C26H33N3O6/c1-2-27-26(34)35-16-22-18-6-4-7-20(25(33)29-12-14-31)24(18)19-10-9-17(15-21(19)22)5-3-8-23(32)28-11-13-30/h4,6-7,9-10,15,22,30-31H,2-3,5,8,11-14,16H2,1H3,(H,27,34)(H,28,32)(H,29,33). The molecule has 35 heavy (non-hydrogen) atoms. The summed E-state index contributed by atoms with van der Waals surface area (Å²) in [5.41, 5.74) is 5.13. The summed E-state index contributed by atoms with van der Waals surface area (Å²) < 4.78 is 5.48. The first-order valence-corrected chi connectivity index (χ1v) is 11.9. The van der Waals surface area contributed by atoms with Crippen molar-refractivity contribution in [1.29, 1.82) is 0 Å². The van der Waals surface area contributed by atoms with Gasteiger partial charge in [-0.15, -0.1) is 0 Å². The van der Waals surface area contributed by atoms with Crippen LogP contribution in [0.1, 0.15) is 52.7 Å². The molecule has 0 heterocycles. The van der Waals surface area contributed by atoms with Crippen LogP contribution < -0.4 is 16.0 Å². The van der Waals surface area contributed by atoms with Crippen LogP contribution in [0.15, 0.2) is 36.4 Å². The van der Waals surface area contributed by atoms with Crippen molar-refractivity contribution < 1.29 is 29.3 Å². The van der Waals surface area contributed by atoms with Crippen molar-refractivity contribution in [2.45, 2.75) is 32.1 Å². The SMILES string of the molecule is CCNC(=O)OCC1c2cc(CCCC(=O)NCCO)ccc2-c2c(C(=O)NCCO)cccc21. The number of nitrogens with one attached hydrogen (secondary N) is 3. The van der Waals surface area contributed by atoms with Gasteiger partial charge in [-0.2, -0.15) is 0 Å². The van der Waals surface area contributed by atoms with E-state index in [4.69, 9.17) is 14.9 Å². The number of aliphatic hydroxyl groups is 2. The highest BCUT2D eigenvalue weighted by Crippen LogP contribution is 2.47. The fourth-order valence-electron chi connectivity index (χ4n) is 4.34. The van der Waals surface area contributed by atoms with Crippen LogP contribution >= 0.6 is 0 Å². The summed E-state index contributed by atoms with van der Waals surface area (Å²) in [5.74, 6) is -0.606. The van der Waals surface area contributed by atoms with Crippen LogP contribution in [0.5, 0.6) is 0 Å². The van der Waals surface area contributed by atoms with Gasteiger partial charge in [0.05, 0.1) is 13.2 Å². The molecule has 188 valence electrons. The number of fused-ring (bicyclic) bond motifs is 3. The number of carbonyl (C=O) groups excluding carboxylic acids is 3. The van der Waals surface area contributed by atoms with Crippen LogP contribution in [0.25, 0.3) is 11.1 Å². The van der Waals surface area contributed by atoms with E-state index in [2.05, 4.69) is 22.0 Å². The zero-order chi connectivity index (χ0) is 25.2. The molecule has 3 amide bonds. The average molecular weight is 484 g/mol. The highest BCUT2D eigenvalue weighted by molar-refractivity contribution is 6.03. The molecule has 2 aromatic rings. The minimum absolute atomic E-state index is 0.0864. The number of hydrogen-bond acceptors (Lipinski definition) is 6. The molecule has 0 spiro atoms. The Morgan fingerprint density at radius 3 is 2.49 bits per heavy atom. The van der Waals surface area contributed by atoms with Crippen molar-refractivity contribution in [1.82, 2.24) is 16.0 Å². The molecule has 0 radical (unpaired) electrons. The van der Waals surface area contributed by atoms with E-state index >= 15 is 0 Å². The van der Waals surface area contributed by atoms with E-state index in [1.54, 1.807) is 6.07 Å². The summed E-state index contributed by atoms with van der Waals surface area (Å²) in [5, 5.41) is 25.9. The van der Waals surface area contributed by atoms with Crippen molar-refractivity contribution in [3.05, 3.63) is 58.7 Å². The summed E-state index contributed by atoms with van der Waals surface area (Å²) in [7, 11) is 0. The van der Waals surface area contributed by atoms with E-state index in [-0.39, 0.29) is 50.6 Å². The molecule has 9 heteroatoms. The lowest BCUT2D eigenvalue weighted by Gasteiger charge is -2.15. The first kappa shape index (κ1) is 26.2. The Kier molecular flexibility index (Phi) is 9.63. The van der Waals surface area contributed by atoms with Crippen molar-refractivity contribution in [2.75, 3.05) is 39.5 Å². The van der Waals surface area contributed by atoms with Crippen LogP contribution in [0.3, 0.4) is 0 Å². The molecule has 1 aliphatic rings. The van der Waals surface area contributed by atoms with Gasteiger partial charge in [-0.3, -0.25) is 9.59 Å². The number of aliphatic hydroxyl groups excluding tert-OH is 2. The summed E-state index contributed by atoms with van der Waals surface area (Å²) in [4.78, 5) is 36.6. The van der Waals surface area contributed by atoms with Crippen LogP contribution in [-0.2, 0) is 16.0 Å². The maximum Gasteiger partial charge on any atom is 0.407 e. The number of amides is 3. The topological polar surface area (TPSA) is 137 Å². The molecule has 1 atom stereocenters. The molecule has 0 aromatic heterocycles. The van der Waals surface area contributed by atoms with E-state index in [9.17, 15) is 14.4 Å². The molecule has 3 rings (SSSR count). The lowest BCUT2D eigenvalue weighted by molar-refractivity contribution is -0.121. The van der Waals surface area contributed by atoms with Gasteiger partial charge in [0, 0.05) is 37.5 Å². The van der Waals surface area contributed by atoms with E-state index in [0.29, 0.717) is 31.4 Å². The molecule has 0 fully saturated rings. The number of aryl methyl sites for hydroxylation is 1. The summed E-state index contributed by atoms with van der Waals surface area (Å²) in [6.07, 6.45) is 1.20. The monoisotopic (exact) mass is 483 g/mol. The van der Waals surface area contributed by atoms with Crippen LogP contribution in [0, 0.1) is 0 Å². The van der Waals surface area contributed by atoms with Gasteiger partial charge in [0.2, 0.25) is 5.91 Å². The van der Waals surface area contributed by atoms with Gasteiger partial charge < -0.3 is 30.9 Å². The molecule has 0 aliphatic heterocycles. The van der Waals surface area contributed by atoms with Gasteiger partial charge in [-0.1, -0.05) is 30.3 Å². The normalized spacial score (nSPS) is 13.5. The van der Waals surface area contributed by atoms with Gasteiger partial charge >= 0.3 is 6.09 Å². The molecule has 2 aromatic carbocycles. The third-order valence-corrected chi connectivity index (χ3v) is 5.88. The Hall–Kier alpha value is -3.43. The fourth-order valence-corrected chi connectivity index (χ4v) is 4.34. The Balaban J connectivity index is 1.87. The lowest BCUT2D eigenvalue weighted by atomic mass is 9.95. The van der Waals surface area contributed by atoms with Gasteiger partial charge in [0.15, 0.2) is 0 Å². The summed E-state index contributed by atoms with van der Waals surface area (Å²) in [6, 6.07) is 11.5. The number of ether oxygens (including phenoxy) is 1. The molecule has 9 nitrogen and oxygen atoms in total. The maximum absolute atomic E-state index is 12.8. The Labute approximate surface area is 204 Å². The van der Waals surface area contributed by atoms with E-state index in [0.717, 1.165) is 27.8 Å². The Morgan fingerprint density at radius 2 is 1.74 bits per heavy atom. The van der Waals surface area contributed by atoms with E-state index in [1.165, 1.54) is 0 Å². The number of hydrogen-bond donors (Lipinski definition) is 5. The van der Waals surface area contributed by atoms with E-state index in [1.807, 2.05) is 31.2 Å². The van der Waals surface area contributed by atoms with Gasteiger partial charge in [-0.25, -0.2) is 4.79 Å². The Bertz CT molecular complexity index is 1060. The second-order valence-corrected chi connectivity index (χ2v) is 8.28. The second-order valence-electron chi connectivity index (χ2n) is 8.28. The first-order chi connectivity index (χ1) is 17.0. The zero-order valence-corrected chi connectivity index (χ0v) is 19.9.